The van der Waals surface area contributed by atoms with Crippen molar-refractivity contribution >= 4 is 11.9 Å². The first-order chi connectivity index (χ1) is 6.85. The molecule has 86 valence electrons. The van der Waals surface area contributed by atoms with Crippen molar-refractivity contribution in [3.63, 3.8) is 0 Å². The second-order valence-electron chi connectivity index (χ2n) is 4.17. The standard InChI is InChI=1S/C11H19NO3/c1-5-6-7-9(13)8-12-10(14)15-11(2,3)4/h5-6H,7-8H2,1-4H3,(H,12,14). The Hall–Kier alpha value is -1.32. The Kier molecular flexibility index (Phi) is 5.67. The lowest BCUT2D eigenvalue weighted by Gasteiger charge is -2.19. The third kappa shape index (κ3) is 9.00. The number of rotatable bonds is 4. The molecule has 0 saturated heterocycles. The van der Waals surface area contributed by atoms with Crippen molar-refractivity contribution in [2.45, 2.75) is 39.7 Å². The van der Waals surface area contributed by atoms with E-state index in [1.165, 1.54) is 0 Å². The van der Waals surface area contributed by atoms with E-state index in [9.17, 15) is 9.59 Å². The molecule has 0 aliphatic heterocycles. The first-order valence-electron chi connectivity index (χ1n) is 4.95. The van der Waals surface area contributed by atoms with Crippen LogP contribution in [0.5, 0.6) is 0 Å². The Morgan fingerprint density at radius 1 is 1.33 bits per heavy atom. The number of Topliss-reactive ketones (excluding diaryl/α,β-unsaturated/α-hetero) is 1. The van der Waals surface area contributed by atoms with Crippen LogP contribution < -0.4 is 5.32 Å². The highest BCUT2D eigenvalue weighted by atomic mass is 16.6. The molecule has 0 unspecified atom stereocenters. The summed E-state index contributed by atoms with van der Waals surface area (Å²) in [7, 11) is 0. The third-order valence-corrected chi connectivity index (χ3v) is 1.41. The number of hydrogen-bond donors (Lipinski definition) is 1. The maximum atomic E-state index is 11.2. The van der Waals surface area contributed by atoms with Crippen molar-refractivity contribution in [3.05, 3.63) is 12.2 Å². The van der Waals surface area contributed by atoms with Gasteiger partial charge in [-0.15, -0.1) is 0 Å². The van der Waals surface area contributed by atoms with Crippen LogP contribution in [0.4, 0.5) is 4.79 Å². The van der Waals surface area contributed by atoms with Gasteiger partial charge in [-0.25, -0.2) is 4.79 Å². The minimum atomic E-state index is -0.559. The number of ether oxygens (including phenoxy) is 1. The van der Waals surface area contributed by atoms with Gasteiger partial charge in [0.05, 0.1) is 6.54 Å². The smallest absolute Gasteiger partial charge is 0.408 e. The third-order valence-electron chi connectivity index (χ3n) is 1.41. The number of ketones is 1. The Bertz CT molecular complexity index is 251. The van der Waals surface area contributed by atoms with Gasteiger partial charge >= 0.3 is 6.09 Å². The summed E-state index contributed by atoms with van der Waals surface area (Å²) in [5.41, 5.74) is -0.531. The molecule has 0 aliphatic carbocycles. The van der Waals surface area contributed by atoms with Gasteiger partial charge in [0.2, 0.25) is 0 Å². The van der Waals surface area contributed by atoms with E-state index in [0.29, 0.717) is 6.42 Å². The van der Waals surface area contributed by atoms with Crippen LogP contribution in [0, 0.1) is 0 Å². The molecule has 0 spiro atoms. The van der Waals surface area contributed by atoms with E-state index in [4.69, 9.17) is 4.74 Å². The number of amides is 1. The van der Waals surface area contributed by atoms with Crippen molar-refractivity contribution in [3.8, 4) is 0 Å². The lowest BCUT2D eigenvalue weighted by atomic mass is 10.2. The first kappa shape index (κ1) is 13.7. The fourth-order valence-electron chi connectivity index (χ4n) is 0.806. The van der Waals surface area contributed by atoms with E-state index in [2.05, 4.69) is 5.32 Å². The average molecular weight is 213 g/mol. The fourth-order valence-corrected chi connectivity index (χ4v) is 0.806. The van der Waals surface area contributed by atoms with Crippen molar-refractivity contribution in [2.24, 2.45) is 0 Å². The maximum Gasteiger partial charge on any atom is 0.408 e. The van der Waals surface area contributed by atoms with E-state index in [-0.39, 0.29) is 12.3 Å². The normalized spacial score (nSPS) is 11.5. The lowest BCUT2D eigenvalue weighted by Crippen LogP contribution is -2.35. The van der Waals surface area contributed by atoms with Crippen LogP contribution in [0.2, 0.25) is 0 Å². The predicted octanol–water partition coefficient (Wildman–Crippen LogP) is 2.05. The van der Waals surface area contributed by atoms with E-state index in [1.807, 2.05) is 6.92 Å². The van der Waals surface area contributed by atoms with Crippen molar-refractivity contribution in [2.75, 3.05) is 6.54 Å². The molecule has 0 fully saturated rings. The summed E-state index contributed by atoms with van der Waals surface area (Å²) in [4.78, 5) is 22.3. The van der Waals surface area contributed by atoms with Crippen LogP contribution in [0.1, 0.15) is 34.1 Å². The van der Waals surface area contributed by atoms with Crippen molar-refractivity contribution < 1.29 is 14.3 Å². The highest BCUT2D eigenvalue weighted by Crippen LogP contribution is 2.06. The van der Waals surface area contributed by atoms with Gasteiger partial charge in [-0.3, -0.25) is 4.79 Å². The quantitative estimate of drug-likeness (QED) is 0.727. The molecule has 4 heteroatoms. The largest absolute Gasteiger partial charge is 0.444 e. The molecule has 1 amide bonds. The Balaban J connectivity index is 3.76. The molecular formula is C11H19NO3. The molecule has 0 heterocycles. The lowest BCUT2D eigenvalue weighted by molar-refractivity contribution is -0.117. The minimum absolute atomic E-state index is 0.0131. The Morgan fingerprint density at radius 2 is 1.93 bits per heavy atom. The monoisotopic (exact) mass is 213 g/mol. The van der Waals surface area contributed by atoms with Crippen LogP contribution in [0.25, 0.3) is 0 Å². The molecule has 0 aromatic carbocycles. The topological polar surface area (TPSA) is 55.4 Å². The van der Waals surface area contributed by atoms with Crippen LogP contribution in [0.15, 0.2) is 12.2 Å². The molecule has 0 aromatic heterocycles. The van der Waals surface area contributed by atoms with Gasteiger partial charge in [-0.05, 0) is 27.7 Å². The second kappa shape index (κ2) is 6.22. The SMILES string of the molecule is CC=CCC(=O)CNC(=O)OC(C)(C)C. The predicted molar refractivity (Wildman–Crippen MR) is 58.7 cm³/mol. The number of allylic oxidation sites excluding steroid dienone is 2. The molecule has 0 saturated carbocycles. The zero-order chi connectivity index (χ0) is 11.9. The van der Waals surface area contributed by atoms with Gasteiger partial charge in [0.1, 0.15) is 5.60 Å². The molecular weight excluding hydrogens is 194 g/mol. The summed E-state index contributed by atoms with van der Waals surface area (Å²) >= 11 is 0. The Morgan fingerprint density at radius 3 is 2.40 bits per heavy atom. The number of carbonyl (C=O) groups excluding carboxylic acids is 2. The van der Waals surface area contributed by atoms with Crippen molar-refractivity contribution in [1.29, 1.82) is 0 Å². The van der Waals surface area contributed by atoms with Crippen LogP contribution in [-0.2, 0) is 9.53 Å². The summed E-state index contributed by atoms with van der Waals surface area (Å²) in [6.45, 7) is 7.17. The van der Waals surface area contributed by atoms with Gasteiger partial charge in [0, 0.05) is 6.42 Å². The molecule has 0 bridgehead atoms. The highest BCUT2D eigenvalue weighted by molar-refractivity contribution is 5.85. The summed E-state index contributed by atoms with van der Waals surface area (Å²) < 4.78 is 4.97. The fraction of sp³-hybridized carbons (Fsp3) is 0.636. The number of carbonyl (C=O) groups is 2. The van der Waals surface area contributed by atoms with Gasteiger partial charge in [0.15, 0.2) is 5.78 Å². The summed E-state index contributed by atoms with van der Waals surface area (Å²) in [5, 5.41) is 2.40. The zero-order valence-corrected chi connectivity index (χ0v) is 9.79. The van der Waals surface area contributed by atoms with Crippen LogP contribution >= 0.6 is 0 Å². The molecule has 0 radical (unpaired) electrons. The summed E-state index contributed by atoms with van der Waals surface area (Å²) in [6.07, 6.45) is 3.33. The summed E-state index contributed by atoms with van der Waals surface area (Å²) in [5.74, 6) is -0.0426. The van der Waals surface area contributed by atoms with E-state index in [0.717, 1.165) is 0 Å². The van der Waals surface area contributed by atoms with Gasteiger partial charge in [-0.2, -0.15) is 0 Å². The molecule has 4 nitrogen and oxygen atoms in total. The average Bonchev–Trinajstić information content (AvgIpc) is 2.08. The van der Waals surface area contributed by atoms with Gasteiger partial charge < -0.3 is 10.1 Å². The van der Waals surface area contributed by atoms with Crippen LogP contribution in [-0.4, -0.2) is 24.0 Å². The van der Waals surface area contributed by atoms with Gasteiger partial charge in [0.25, 0.3) is 0 Å². The number of alkyl carbamates (subject to hydrolysis) is 1. The van der Waals surface area contributed by atoms with Crippen molar-refractivity contribution in [1.82, 2.24) is 5.32 Å². The Labute approximate surface area is 90.7 Å². The molecule has 0 aromatic rings. The maximum absolute atomic E-state index is 11.2. The molecule has 15 heavy (non-hydrogen) atoms. The molecule has 0 atom stereocenters. The minimum Gasteiger partial charge on any atom is -0.444 e. The van der Waals surface area contributed by atoms with Gasteiger partial charge in [-0.1, -0.05) is 12.2 Å². The van der Waals surface area contributed by atoms with E-state index >= 15 is 0 Å². The van der Waals surface area contributed by atoms with E-state index in [1.54, 1.807) is 32.9 Å². The number of hydrogen-bond acceptors (Lipinski definition) is 3. The molecule has 0 aliphatic rings. The molecule has 1 N–H and O–H groups in total. The van der Waals surface area contributed by atoms with Crippen LogP contribution in [0.3, 0.4) is 0 Å². The highest BCUT2D eigenvalue weighted by Gasteiger charge is 2.16. The zero-order valence-electron chi connectivity index (χ0n) is 9.79. The first-order valence-corrected chi connectivity index (χ1v) is 4.95. The molecule has 0 rings (SSSR count). The second-order valence-corrected chi connectivity index (χ2v) is 4.17. The van der Waals surface area contributed by atoms with E-state index < -0.39 is 11.7 Å². The number of nitrogens with one attached hydrogen (secondary N) is 1. The summed E-state index contributed by atoms with van der Waals surface area (Å²) in [6, 6.07) is 0.